The molecule has 0 bridgehead atoms. The summed E-state index contributed by atoms with van der Waals surface area (Å²) in [6, 6.07) is 8.73. The molecular weight excluding hydrogens is 254 g/mol. The number of H-pyrrole nitrogens is 1. The zero-order chi connectivity index (χ0) is 14.7. The van der Waals surface area contributed by atoms with Gasteiger partial charge < -0.3 is 5.32 Å². The van der Waals surface area contributed by atoms with Crippen LogP contribution in [0.3, 0.4) is 0 Å². The summed E-state index contributed by atoms with van der Waals surface area (Å²) in [5.41, 5.74) is 3.29. The molecule has 102 valence electrons. The lowest BCUT2D eigenvalue weighted by atomic mass is 10.1. The van der Waals surface area contributed by atoms with E-state index in [4.69, 9.17) is 0 Å². The molecular formula is C15H15N3O2. The van der Waals surface area contributed by atoms with Crippen LogP contribution in [0.25, 0.3) is 11.3 Å². The van der Waals surface area contributed by atoms with Crippen LogP contribution in [0, 0.1) is 6.92 Å². The fourth-order valence-electron chi connectivity index (χ4n) is 1.74. The van der Waals surface area contributed by atoms with Gasteiger partial charge in [-0.1, -0.05) is 18.7 Å². The van der Waals surface area contributed by atoms with Crippen molar-refractivity contribution in [1.82, 2.24) is 10.2 Å². The molecule has 0 saturated carbocycles. The number of carbonyl (C=O) groups excluding carboxylic acids is 1. The van der Waals surface area contributed by atoms with Gasteiger partial charge in [-0.2, -0.15) is 5.10 Å². The molecule has 1 aromatic heterocycles. The number of amides is 1. The van der Waals surface area contributed by atoms with Crippen LogP contribution in [0.15, 0.2) is 47.3 Å². The maximum Gasteiger partial charge on any atom is 0.264 e. The molecule has 2 N–H and O–H groups in total. The summed E-state index contributed by atoms with van der Waals surface area (Å²) in [6.07, 6.45) is 0. The van der Waals surface area contributed by atoms with Gasteiger partial charge in [0, 0.05) is 22.9 Å². The van der Waals surface area contributed by atoms with Gasteiger partial charge in [-0.05, 0) is 31.5 Å². The summed E-state index contributed by atoms with van der Waals surface area (Å²) in [6.45, 7) is 7.06. The topological polar surface area (TPSA) is 74.8 Å². The van der Waals surface area contributed by atoms with Crippen LogP contribution >= 0.6 is 0 Å². The molecule has 1 amide bonds. The number of aryl methyl sites for hydroxylation is 1. The summed E-state index contributed by atoms with van der Waals surface area (Å²) in [5.74, 6) is -0.212. The number of hydrogen-bond acceptors (Lipinski definition) is 3. The highest BCUT2D eigenvalue weighted by atomic mass is 16.1. The number of hydrogen-bond donors (Lipinski definition) is 2. The Morgan fingerprint density at radius 2 is 1.95 bits per heavy atom. The molecule has 1 heterocycles. The smallest absolute Gasteiger partial charge is 0.264 e. The van der Waals surface area contributed by atoms with Gasteiger partial charge >= 0.3 is 0 Å². The quantitative estimate of drug-likeness (QED) is 0.839. The highest BCUT2D eigenvalue weighted by Crippen LogP contribution is 2.21. The summed E-state index contributed by atoms with van der Waals surface area (Å²) in [7, 11) is 0. The van der Waals surface area contributed by atoms with Gasteiger partial charge in [0.25, 0.3) is 11.5 Å². The molecule has 0 saturated heterocycles. The summed E-state index contributed by atoms with van der Waals surface area (Å²) < 4.78 is 0. The second-order valence-electron chi connectivity index (χ2n) is 4.58. The molecule has 0 spiro atoms. The van der Waals surface area contributed by atoms with Crippen LogP contribution in [0.2, 0.25) is 0 Å². The van der Waals surface area contributed by atoms with E-state index in [9.17, 15) is 9.59 Å². The zero-order valence-corrected chi connectivity index (χ0v) is 11.4. The Labute approximate surface area is 116 Å². The van der Waals surface area contributed by atoms with Gasteiger partial charge in [0.05, 0.1) is 5.69 Å². The van der Waals surface area contributed by atoms with Crippen LogP contribution in [-0.4, -0.2) is 16.1 Å². The SMILES string of the molecule is C=C(C)C(=O)Nc1ccc(-c2n[nH]c(=O)cc2C)cc1. The molecule has 1 aromatic carbocycles. The average molecular weight is 269 g/mol. The molecule has 5 nitrogen and oxygen atoms in total. The third kappa shape index (κ3) is 3.00. The van der Waals surface area contributed by atoms with Crippen LogP contribution in [0.1, 0.15) is 12.5 Å². The highest BCUT2D eigenvalue weighted by Gasteiger charge is 2.06. The first kappa shape index (κ1) is 13.7. The van der Waals surface area contributed by atoms with Gasteiger partial charge in [0.1, 0.15) is 0 Å². The van der Waals surface area contributed by atoms with E-state index in [0.29, 0.717) is 17.0 Å². The second-order valence-corrected chi connectivity index (χ2v) is 4.58. The fraction of sp³-hybridized carbons (Fsp3) is 0.133. The molecule has 0 aliphatic carbocycles. The van der Waals surface area contributed by atoms with Crippen molar-refractivity contribution >= 4 is 11.6 Å². The molecule has 5 heteroatoms. The van der Waals surface area contributed by atoms with Gasteiger partial charge in [0.2, 0.25) is 0 Å². The second kappa shape index (κ2) is 5.52. The van der Waals surface area contributed by atoms with Crippen molar-refractivity contribution in [2.45, 2.75) is 13.8 Å². The zero-order valence-electron chi connectivity index (χ0n) is 11.4. The molecule has 20 heavy (non-hydrogen) atoms. The Bertz CT molecular complexity index is 715. The lowest BCUT2D eigenvalue weighted by Crippen LogP contribution is -2.11. The van der Waals surface area contributed by atoms with Crippen LogP contribution < -0.4 is 10.9 Å². The number of nitrogens with zero attached hydrogens (tertiary/aromatic N) is 1. The van der Waals surface area contributed by atoms with Crippen LogP contribution in [0.5, 0.6) is 0 Å². The molecule has 0 unspecified atom stereocenters. The Morgan fingerprint density at radius 1 is 1.30 bits per heavy atom. The summed E-state index contributed by atoms with van der Waals surface area (Å²) in [4.78, 5) is 22.6. The first-order chi connectivity index (χ1) is 9.47. The van der Waals surface area contributed by atoms with Gasteiger partial charge in [-0.15, -0.1) is 0 Å². The monoisotopic (exact) mass is 269 g/mol. The molecule has 0 radical (unpaired) electrons. The minimum absolute atomic E-state index is 0.212. The molecule has 2 aromatic rings. The molecule has 0 fully saturated rings. The van der Waals surface area contributed by atoms with Crippen molar-refractivity contribution in [3.63, 3.8) is 0 Å². The lowest BCUT2D eigenvalue weighted by Gasteiger charge is -2.07. The third-order valence-corrected chi connectivity index (χ3v) is 2.80. The maximum atomic E-state index is 11.5. The Kier molecular flexibility index (Phi) is 3.79. The van der Waals surface area contributed by atoms with E-state index < -0.39 is 0 Å². The van der Waals surface area contributed by atoms with E-state index in [-0.39, 0.29) is 11.5 Å². The first-order valence-corrected chi connectivity index (χ1v) is 6.11. The van der Waals surface area contributed by atoms with Crippen molar-refractivity contribution in [2.75, 3.05) is 5.32 Å². The molecule has 0 aliphatic heterocycles. The maximum absolute atomic E-state index is 11.5. The number of anilines is 1. The number of aromatic amines is 1. The predicted molar refractivity (Wildman–Crippen MR) is 78.5 cm³/mol. The Balaban J connectivity index is 2.26. The molecule has 0 aliphatic rings. The summed E-state index contributed by atoms with van der Waals surface area (Å²) in [5, 5.41) is 9.17. The lowest BCUT2D eigenvalue weighted by molar-refractivity contribution is -0.112. The molecule has 0 atom stereocenters. The number of aromatic nitrogens is 2. The van der Waals surface area contributed by atoms with Crippen molar-refractivity contribution in [1.29, 1.82) is 0 Å². The van der Waals surface area contributed by atoms with Crippen molar-refractivity contribution < 1.29 is 4.79 Å². The van der Waals surface area contributed by atoms with Gasteiger partial charge in [-0.25, -0.2) is 5.10 Å². The minimum Gasteiger partial charge on any atom is -0.322 e. The van der Waals surface area contributed by atoms with E-state index in [2.05, 4.69) is 22.1 Å². The number of benzene rings is 1. The standard InChI is InChI=1S/C15H15N3O2/c1-9(2)15(20)16-12-6-4-11(5-7-12)14-10(3)8-13(19)17-18-14/h4-8H,1H2,2-3H3,(H,16,20)(H,17,19). The van der Waals surface area contributed by atoms with E-state index >= 15 is 0 Å². The van der Waals surface area contributed by atoms with E-state index in [1.54, 1.807) is 19.1 Å². The first-order valence-electron chi connectivity index (χ1n) is 6.11. The van der Waals surface area contributed by atoms with Crippen molar-refractivity contribution in [2.24, 2.45) is 0 Å². The molecule has 2 rings (SSSR count). The number of rotatable bonds is 3. The van der Waals surface area contributed by atoms with Crippen LogP contribution in [0.4, 0.5) is 5.69 Å². The summed E-state index contributed by atoms with van der Waals surface area (Å²) >= 11 is 0. The van der Waals surface area contributed by atoms with E-state index in [0.717, 1.165) is 11.1 Å². The highest BCUT2D eigenvalue weighted by molar-refractivity contribution is 6.02. The number of nitrogens with one attached hydrogen (secondary N) is 2. The number of carbonyl (C=O) groups is 1. The normalized spacial score (nSPS) is 10.1. The van der Waals surface area contributed by atoms with Crippen LogP contribution in [-0.2, 0) is 4.79 Å². The van der Waals surface area contributed by atoms with Crippen molar-refractivity contribution in [3.05, 3.63) is 58.4 Å². The van der Waals surface area contributed by atoms with E-state index in [1.165, 1.54) is 6.07 Å². The largest absolute Gasteiger partial charge is 0.322 e. The van der Waals surface area contributed by atoms with E-state index in [1.807, 2.05) is 19.1 Å². The third-order valence-electron chi connectivity index (χ3n) is 2.80. The Morgan fingerprint density at radius 3 is 2.50 bits per heavy atom. The fourth-order valence-corrected chi connectivity index (χ4v) is 1.74. The van der Waals surface area contributed by atoms with Gasteiger partial charge in [-0.3, -0.25) is 9.59 Å². The Hall–Kier alpha value is -2.69. The minimum atomic E-state index is -0.225. The predicted octanol–water partition coefficient (Wildman–Crippen LogP) is 2.26. The van der Waals surface area contributed by atoms with Gasteiger partial charge in [0.15, 0.2) is 0 Å². The average Bonchev–Trinajstić information content (AvgIpc) is 2.40. The van der Waals surface area contributed by atoms with Crippen molar-refractivity contribution in [3.8, 4) is 11.3 Å².